The smallest absolute Gasteiger partial charge is 0.291 e. The minimum atomic E-state index is -0.0546. The largest absolute Gasteiger partial charge is 0.494 e. The van der Waals surface area contributed by atoms with E-state index < -0.39 is 0 Å². The summed E-state index contributed by atoms with van der Waals surface area (Å²) in [5.74, 6) is 2.77. The topological polar surface area (TPSA) is 55.6 Å². The summed E-state index contributed by atoms with van der Waals surface area (Å²) in [7, 11) is 0. The van der Waals surface area contributed by atoms with Gasteiger partial charge in [0, 0.05) is 24.5 Å². The first-order valence-electron chi connectivity index (χ1n) is 9.68. The number of nitrogens with zero attached hydrogens (tertiary/aromatic N) is 2. The summed E-state index contributed by atoms with van der Waals surface area (Å²) in [6.07, 6.45) is 4.17. The third kappa shape index (κ3) is 5.25. The molecule has 27 heavy (non-hydrogen) atoms. The highest BCUT2D eigenvalue weighted by Gasteiger charge is 2.29. The van der Waals surface area contributed by atoms with Crippen LogP contribution in [0.15, 0.2) is 28.7 Å². The summed E-state index contributed by atoms with van der Waals surface area (Å²) >= 11 is 5.66. The second-order valence-electron chi connectivity index (χ2n) is 7.04. The molecule has 5 nitrogen and oxygen atoms in total. The number of rotatable bonds is 10. The third-order valence-electron chi connectivity index (χ3n) is 4.60. The second kappa shape index (κ2) is 9.27. The summed E-state index contributed by atoms with van der Waals surface area (Å²) in [6.45, 7) is 6.07. The van der Waals surface area contributed by atoms with Crippen LogP contribution in [0.4, 0.5) is 0 Å². The van der Waals surface area contributed by atoms with Crippen LogP contribution >= 0.6 is 11.6 Å². The van der Waals surface area contributed by atoms with Gasteiger partial charge >= 0.3 is 0 Å². The van der Waals surface area contributed by atoms with Crippen LogP contribution in [0.25, 0.3) is 11.5 Å². The van der Waals surface area contributed by atoms with Crippen molar-refractivity contribution in [1.82, 2.24) is 9.88 Å². The molecule has 1 aliphatic rings. The number of hydrogen-bond acceptors (Lipinski definition) is 4. The van der Waals surface area contributed by atoms with Crippen molar-refractivity contribution < 1.29 is 13.9 Å². The number of halogens is 1. The molecule has 0 radical (unpaired) electrons. The molecule has 6 heteroatoms. The highest BCUT2D eigenvalue weighted by Crippen LogP contribution is 2.31. The Hall–Kier alpha value is -2.01. The van der Waals surface area contributed by atoms with Crippen LogP contribution in [0.5, 0.6) is 5.75 Å². The number of carbonyl (C=O) groups is 1. The zero-order valence-electron chi connectivity index (χ0n) is 16.0. The fourth-order valence-electron chi connectivity index (χ4n) is 2.96. The van der Waals surface area contributed by atoms with Crippen molar-refractivity contribution in [2.24, 2.45) is 5.92 Å². The van der Waals surface area contributed by atoms with Gasteiger partial charge in [0.2, 0.25) is 11.7 Å². The molecule has 0 N–H and O–H groups in total. The van der Waals surface area contributed by atoms with Gasteiger partial charge in [-0.2, -0.15) is 0 Å². The van der Waals surface area contributed by atoms with E-state index in [9.17, 15) is 4.79 Å². The number of carbonyl (C=O) groups excluding carboxylic acids is 1. The first-order chi connectivity index (χ1) is 13.1. The SMILES string of the molecule is CCCN(CC1CC1)C(=O)c1oc(-c2ccc(OCCCCl)cc2)nc1C. The van der Waals surface area contributed by atoms with Gasteiger partial charge in [-0.1, -0.05) is 6.92 Å². The highest BCUT2D eigenvalue weighted by molar-refractivity contribution is 6.17. The zero-order valence-corrected chi connectivity index (χ0v) is 16.8. The summed E-state index contributed by atoms with van der Waals surface area (Å²) < 4.78 is 11.5. The molecule has 0 atom stereocenters. The van der Waals surface area contributed by atoms with E-state index in [1.807, 2.05) is 36.1 Å². The van der Waals surface area contributed by atoms with Crippen molar-refractivity contribution >= 4 is 17.5 Å². The van der Waals surface area contributed by atoms with Crippen molar-refractivity contribution in [3.8, 4) is 17.2 Å². The molecule has 0 aliphatic heterocycles. The molecule has 3 rings (SSSR count). The Morgan fingerprint density at radius 1 is 1.33 bits per heavy atom. The van der Waals surface area contributed by atoms with Gasteiger partial charge in [0.25, 0.3) is 5.91 Å². The molecule has 0 spiro atoms. The van der Waals surface area contributed by atoms with Crippen LogP contribution in [-0.2, 0) is 0 Å². The van der Waals surface area contributed by atoms with E-state index in [-0.39, 0.29) is 5.91 Å². The van der Waals surface area contributed by atoms with Crippen LogP contribution in [0.1, 0.15) is 48.9 Å². The lowest BCUT2D eigenvalue weighted by Gasteiger charge is -2.20. The van der Waals surface area contributed by atoms with Crippen molar-refractivity contribution in [3.63, 3.8) is 0 Å². The van der Waals surface area contributed by atoms with E-state index in [0.29, 0.717) is 35.7 Å². The number of hydrogen-bond donors (Lipinski definition) is 0. The zero-order chi connectivity index (χ0) is 19.2. The van der Waals surface area contributed by atoms with Gasteiger partial charge in [0.1, 0.15) is 5.75 Å². The van der Waals surface area contributed by atoms with E-state index in [0.717, 1.165) is 37.2 Å². The number of amides is 1. The molecule has 1 amide bonds. The molecule has 1 fully saturated rings. The van der Waals surface area contributed by atoms with Gasteiger partial charge in [-0.3, -0.25) is 4.79 Å². The van der Waals surface area contributed by atoms with Crippen LogP contribution in [0.3, 0.4) is 0 Å². The Bertz CT molecular complexity index is 753. The van der Waals surface area contributed by atoms with E-state index in [2.05, 4.69) is 11.9 Å². The van der Waals surface area contributed by atoms with Gasteiger partial charge in [-0.05, 0) is 62.8 Å². The van der Waals surface area contributed by atoms with E-state index in [1.165, 1.54) is 12.8 Å². The molecule has 1 aromatic carbocycles. The van der Waals surface area contributed by atoms with Crippen molar-refractivity contribution in [2.45, 2.75) is 39.5 Å². The van der Waals surface area contributed by atoms with Gasteiger partial charge in [-0.25, -0.2) is 4.98 Å². The molecule has 0 unspecified atom stereocenters. The quantitative estimate of drug-likeness (QED) is 0.426. The van der Waals surface area contributed by atoms with Crippen LogP contribution < -0.4 is 4.74 Å². The molecule has 146 valence electrons. The van der Waals surface area contributed by atoms with Crippen molar-refractivity contribution in [1.29, 1.82) is 0 Å². The number of oxazole rings is 1. The minimum Gasteiger partial charge on any atom is -0.494 e. The van der Waals surface area contributed by atoms with E-state index in [1.54, 1.807) is 0 Å². The summed E-state index contributed by atoms with van der Waals surface area (Å²) in [5.41, 5.74) is 1.46. The maximum atomic E-state index is 12.9. The number of aryl methyl sites for hydroxylation is 1. The monoisotopic (exact) mass is 390 g/mol. The second-order valence-corrected chi connectivity index (χ2v) is 7.42. The van der Waals surface area contributed by atoms with Crippen molar-refractivity contribution in [2.75, 3.05) is 25.6 Å². The average Bonchev–Trinajstić information content (AvgIpc) is 3.41. The van der Waals surface area contributed by atoms with Gasteiger partial charge in [0.05, 0.1) is 12.3 Å². The summed E-state index contributed by atoms with van der Waals surface area (Å²) in [6, 6.07) is 7.54. The van der Waals surface area contributed by atoms with Crippen LogP contribution in [0, 0.1) is 12.8 Å². The Morgan fingerprint density at radius 2 is 2.07 bits per heavy atom. The summed E-state index contributed by atoms with van der Waals surface area (Å²) in [4.78, 5) is 19.3. The predicted molar refractivity (Wildman–Crippen MR) is 106 cm³/mol. The Kier molecular flexibility index (Phi) is 6.78. The number of benzene rings is 1. The normalized spacial score (nSPS) is 13.6. The minimum absolute atomic E-state index is 0.0546. The highest BCUT2D eigenvalue weighted by atomic mass is 35.5. The van der Waals surface area contributed by atoms with Gasteiger partial charge in [-0.15, -0.1) is 11.6 Å². The molecule has 2 aromatic rings. The van der Waals surface area contributed by atoms with E-state index in [4.69, 9.17) is 20.8 Å². The van der Waals surface area contributed by atoms with Crippen LogP contribution in [0.2, 0.25) is 0 Å². The Balaban J connectivity index is 1.72. The maximum Gasteiger partial charge on any atom is 0.291 e. The molecular formula is C21H27ClN2O3. The fraction of sp³-hybridized carbons (Fsp3) is 0.524. The predicted octanol–water partition coefficient (Wildman–Crippen LogP) is 4.92. The maximum absolute atomic E-state index is 12.9. The number of ether oxygens (including phenoxy) is 1. The van der Waals surface area contributed by atoms with E-state index >= 15 is 0 Å². The van der Waals surface area contributed by atoms with Gasteiger partial charge in [0.15, 0.2) is 0 Å². The van der Waals surface area contributed by atoms with Gasteiger partial charge < -0.3 is 14.1 Å². The average molecular weight is 391 g/mol. The molecule has 1 aromatic heterocycles. The Labute approximate surface area is 165 Å². The number of alkyl halides is 1. The molecule has 1 saturated carbocycles. The molecular weight excluding hydrogens is 364 g/mol. The first kappa shape index (κ1) is 19.7. The lowest BCUT2D eigenvalue weighted by Crippen LogP contribution is -2.33. The van der Waals surface area contributed by atoms with Crippen LogP contribution in [-0.4, -0.2) is 41.4 Å². The molecule has 0 bridgehead atoms. The molecule has 1 aliphatic carbocycles. The lowest BCUT2D eigenvalue weighted by molar-refractivity contribution is 0.0715. The lowest BCUT2D eigenvalue weighted by atomic mass is 10.2. The fourth-order valence-corrected chi connectivity index (χ4v) is 3.07. The standard InChI is InChI=1S/C21H27ClN2O3/c1-3-12-24(14-16-5-6-16)21(25)19-15(2)23-20(27-19)17-7-9-18(10-8-17)26-13-4-11-22/h7-10,16H,3-6,11-14H2,1-2H3. The Morgan fingerprint density at radius 3 is 2.70 bits per heavy atom. The number of aromatic nitrogens is 1. The molecule has 1 heterocycles. The third-order valence-corrected chi connectivity index (χ3v) is 4.86. The molecule has 0 saturated heterocycles. The summed E-state index contributed by atoms with van der Waals surface area (Å²) in [5, 5.41) is 0. The van der Waals surface area contributed by atoms with Crippen molar-refractivity contribution in [3.05, 3.63) is 35.7 Å². The first-order valence-corrected chi connectivity index (χ1v) is 10.2.